The first-order chi connectivity index (χ1) is 8.61. The maximum absolute atomic E-state index is 12.2. The van der Waals surface area contributed by atoms with Crippen molar-refractivity contribution < 1.29 is 4.79 Å². The van der Waals surface area contributed by atoms with Gasteiger partial charge in [0.2, 0.25) is 5.82 Å². The molecule has 1 amide bonds. The quantitative estimate of drug-likeness (QED) is 0.851. The topological polar surface area (TPSA) is 65.1 Å². The fourth-order valence-corrected chi connectivity index (χ4v) is 2.25. The number of H-pyrrole nitrogens is 1. The standard InChI is InChI=1S/C12H21N5O/c1-4-10-13-11(15-14-10)12(18)17(3)9-5-7-16(2)8-6-9/h9H,4-8H2,1-3H3,(H,13,14,15). The number of rotatable bonds is 3. The van der Waals surface area contributed by atoms with Gasteiger partial charge in [-0.15, -0.1) is 5.10 Å². The van der Waals surface area contributed by atoms with Gasteiger partial charge < -0.3 is 9.80 Å². The molecule has 6 nitrogen and oxygen atoms in total. The lowest BCUT2D eigenvalue weighted by Gasteiger charge is -2.34. The molecule has 1 fully saturated rings. The zero-order chi connectivity index (χ0) is 13.1. The predicted molar refractivity (Wildman–Crippen MR) is 68.4 cm³/mol. The second-order valence-corrected chi connectivity index (χ2v) is 4.91. The predicted octanol–water partition coefficient (Wildman–Crippen LogP) is 0.533. The van der Waals surface area contributed by atoms with Crippen LogP contribution < -0.4 is 0 Å². The lowest BCUT2D eigenvalue weighted by Crippen LogP contribution is -2.44. The van der Waals surface area contributed by atoms with Crippen LogP contribution in [0.2, 0.25) is 0 Å². The molecule has 0 saturated carbocycles. The summed E-state index contributed by atoms with van der Waals surface area (Å²) < 4.78 is 0. The Kier molecular flexibility index (Phi) is 3.96. The van der Waals surface area contributed by atoms with E-state index in [0.717, 1.165) is 38.2 Å². The van der Waals surface area contributed by atoms with Crippen LogP contribution >= 0.6 is 0 Å². The van der Waals surface area contributed by atoms with Crippen molar-refractivity contribution in [3.8, 4) is 0 Å². The number of hydrogen-bond acceptors (Lipinski definition) is 4. The molecular formula is C12H21N5O. The van der Waals surface area contributed by atoms with E-state index in [2.05, 4.69) is 27.1 Å². The fourth-order valence-electron chi connectivity index (χ4n) is 2.25. The van der Waals surface area contributed by atoms with E-state index in [9.17, 15) is 4.79 Å². The van der Waals surface area contributed by atoms with Crippen molar-refractivity contribution in [2.45, 2.75) is 32.2 Å². The van der Waals surface area contributed by atoms with E-state index in [4.69, 9.17) is 0 Å². The Hall–Kier alpha value is -1.43. The van der Waals surface area contributed by atoms with Crippen LogP contribution in [-0.2, 0) is 6.42 Å². The molecule has 1 aliphatic rings. The Labute approximate surface area is 107 Å². The van der Waals surface area contributed by atoms with Gasteiger partial charge in [0.1, 0.15) is 5.82 Å². The molecule has 0 bridgehead atoms. The molecule has 0 atom stereocenters. The summed E-state index contributed by atoms with van der Waals surface area (Å²) in [5.74, 6) is 0.962. The summed E-state index contributed by atoms with van der Waals surface area (Å²) in [6.45, 7) is 4.06. The first-order valence-corrected chi connectivity index (χ1v) is 6.48. The average molecular weight is 251 g/mol. The van der Waals surface area contributed by atoms with Gasteiger partial charge in [-0.2, -0.15) is 0 Å². The van der Waals surface area contributed by atoms with Crippen molar-refractivity contribution in [3.63, 3.8) is 0 Å². The summed E-state index contributed by atoms with van der Waals surface area (Å²) in [6.07, 6.45) is 2.80. The highest BCUT2D eigenvalue weighted by Crippen LogP contribution is 2.15. The molecule has 6 heteroatoms. The van der Waals surface area contributed by atoms with Gasteiger partial charge in [0, 0.05) is 19.5 Å². The first kappa shape index (κ1) is 13.0. The summed E-state index contributed by atoms with van der Waals surface area (Å²) in [7, 11) is 3.96. The minimum absolute atomic E-state index is 0.0829. The highest BCUT2D eigenvalue weighted by molar-refractivity contribution is 5.90. The van der Waals surface area contributed by atoms with Crippen LogP contribution in [-0.4, -0.2) is 64.1 Å². The number of carbonyl (C=O) groups is 1. The Morgan fingerprint density at radius 2 is 2.17 bits per heavy atom. The number of amides is 1. The van der Waals surface area contributed by atoms with Crippen LogP contribution in [0.5, 0.6) is 0 Å². The van der Waals surface area contributed by atoms with Gasteiger partial charge in [-0.1, -0.05) is 6.92 Å². The number of aromatic amines is 1. The van der Waals surface area contributed by atoms with Crippen LogP contribution in [0.15, 0.2) is 0 Å². The van der Waals surface area contributed by atoms with Crippen LogP contribution in [0.4, 0.5) is 0 Å². The Bertz CT molecular complexity index is 408. The van der Waals surface area contributed by atoms with Gasteiger partial charge in [-0.3, -0.25) is 9.89 Å². The number of hydrogen-bond donors (Lipinski definition) is 1. The van der Waals surface area contributed by atoms with Crippen LogP contribution in [0, 0.1) is 0 Å². The lowest BCUT2D eigenvalue weighted by molar-refractivity contribution is 0.0648. The molecule has 1 aromatic rings. The molecule has 0 unspecified atom stereocenters. The second kappa shape index (κ2) is 5.48. The maximum atomic E-state index is 12.2. The number of aromatic nitrogens is 3. The van der Waals surface area contributed by atoms with Crippen molar-refractivity contribution in [2.75, 3.05) is 27.2 Å². The molecule has 0 aromatic carbocycles. The van der Waals surface area contributed by atoms with E-state index in [1.54, 1.807) is 4.90 Å². The molecule has 2 heterocycles. The van der Waals surface area contributed by atoms with Crippen LogP contribution in [0.25, 0.3) is 0 Å². The normalized spacial score (nSPS) is 17.9. The highest BCUT2D eigenvalue weighted by Gasteiger charge is 2.26. The zero-order valence-corrected chi connectivity index (χ0v) is 11.3. The third kappa shape index (κ3) is 2.69. The molecule has 100 valence electrons. The van der Waals surface area contributed by atoms with Crippen molar-refractivity contribution in [1.82, 2.24) is 25.0 Å². The second-order valence-electron chi connectivity index (χ2n) is 4.91. The van der Waals surface area contributed by atoms with E-state index in [1.165, 1.54) is 0 Å². The molecule has 18 heavy (non-hydrogen) atoms. The maximum Gasteiger partial charge on any atom is 0.293 e. The number of piperidine rings is 1. The number of aryl methyl sites for hydroxylation is 1. The fraction of sp³-hybridized carbons (Fsp3) is 0.750. The van der Waals surface area contributed by atoms with Gasteiger partial charge >= 0.3 is 0 Å². The number of nitrogens with zero attached hydrogens (tertiary/aromatic N) is 4. The first-order valence-electron chi connectivity index (χ1n) is 6.48. The largest absolute Gasteiger partial charge is 0.336 e. The molecule has 1 aromatic heterocycles. The van der Waals surface area contributed by atoms with E-state index < -0.39 is 0 Å². The summed E-state index contributed by atoms with van der Waals surface area (Å²) in [4.78, 5) is 20.5. The molecule has 1 N–H and O–H groups in total. The summed E-state index contributed by atoms with van der Waals surface area (Å²) in [6, 6.07) is 0.303. The van der Waals surface area contributed by atoms with E-state index in [-0.39, 0.29) is 11.7 Å². The smallest absolute Gasteiger partial charge is 0.293 e. The van der Waals surface area contributed by atoms with Gasteiger partial charge in [-0.05, 0) is 33.0 Å². The minimum atomic E-state index is -0.0829. The van der Waals surface area contributed by atoms with Crippen molar-refractivity contribution in [2.24, 2.45) is 0 Å². The van der Waals surface area contributed by atoms with E-state index in [1.807, 2.05) is 14.0 Å². The average Bonchev–Trinajstić information content (AvgIpc) is 2.86. The Morgan fingerprint density at radius 1 is 1.50 bits per heavy atom. The summed E-state index contributed by atoms with van der Waals surface area (Å²) in [5.41, 5.74) is 0. The van der Waals surface area contributed by atoms with Crippen molar-refractivity contribution >= 4 is 5.91 Å². The third-order valence-corrected chi connectivity index (χ3v) is 3.61. The molecule has 0 aliphatic carbocycles. The van der Waals surface area contributed by atoms with Gasteiger partial charge in [0.05, 0.1) is 0 Å². The molecule has 1 aliphatic heterocycles. The molecular weight excluding hydrogens is 230 g/mol. The van der Waals surface area contributed by atoms with Gasteiger partial charge in [0.15, 0.2) is 0 Å². The van der Waals surface area contributed by atoms with E-state index in [0.29, 0.717) is 6.04 Å². The third-order valence-electron chi connectivity index (χ3n) is 3.61. The van der Waals surface area contributed by atoms with E-state index >= 15 is 0 Å². The Morgan fingerprint density at radius 3 is 2.72 bits per heavy atom. The molecule has 0 radical (unpaired) electrons. The summed E-state index contributed by atoms with van der Waals surface area (Å²) in [5, 5.41) is 6.76. The van der Waals surface area contributed by atoms with Crippen LogP contribution in [0.1, 0.15) is 36.2 Å². The highest BCUT2D eigenvalue weighted by atomic mass is 16.2. The van der Waals surface area contributed by atoms with Gasteiger partial charge in [-0.25, -0.2) is 4.98 Å². The minimum Gasteiger partial charge on any atom is -0.336 e. The SMILES string of the molecule is CCc1nc(C(=O)N(C)C2CCN(C)CC2)n[nH]1. The Balaban J connectivity index is 1.99. The number of nitrogens with one attached hydrogen (secondary N) is 1. The van der Waals surface area contributed by atoms with Crippen molar-refractivity contribution in [1.29, 1.82) is 0 Å². The summed E-state index contributed by atoms with van der Waals surface area (Å²) >= 11 is 0. The molecule has 0 spiro atoms. The molecule has 2 rings (SSSR count). The number of likely N-dealkylation sites (tertiary alicyclic amines) is 1. The van der Waals surface area contributed by atoms with Crippen LogP contribution in [0.3, 0.4) is 0 Å². The zero-order valence-electron chi connectivity index (χ0n) is 11.3. The van der Waals surface area contributed by atoms with Gasteiger partial charge in [0.25, 0.3) is 5.91 Å². The number of carbonyl (C=O) groups excluding carboxylic acids is 1. The lowest BCUT2D eigenvalue weighted by atomic mass is 10.0. The van der Waals surface area contributed by atoms with Crippen molar-refractivity contribution in [3.05, 3.63) is 11.6 Å². The molecule has 1 saturated heterocycles. The monoisotopic (exact) mass is 251 g/mol.